The van der Waals surface area contributed by atoms with Gasteiger partial charge in [0.25, 0.3) is 11.7 Å². The van der Waals surface area contributed by atoms with Crippen LogP contribution in [0.4, 0.5) is 0 Å². The predicted molar refractivity (Wildman–Crippen MR) is 120 cm³/mol. The Balaban J connectivity index is 1.77. The number of aliphatic hydroxyl groups is 2. The molecule has 2 aromatic rings. The molecule has 0 spiro atoms. The largest absolute Gasteiger partial charge is 0.507 e. The van der Waals surface area contributed by atoms with Gasteiger partial charge in [0.05, 0.1) is 18.2 Å². The standard InChI is InChI=1S/C25H27NO7/c1-2-9-26-22(16-5-3-6-18(14-16)31-11-4-10-27)21(24(29)25(26)30)23(28)17-7-8-19-20(15-17)33-13-12-32-19/h3,5-8,14-15,22,27-28H,2,4,9-13H2,1H3/b23-21-. The molecule has 0 bridgehead atoms. The fourth-order valence-corrected chi connectivity index (χ4v) is 4.07. The number of hydrogen-bond donors (Lipinski definition) is 2. The molecule has 174 valence electrons. The summed E-state index contributed by atoms with van der Waals surface area (Å²) in [5, 5.41) is 20.2. The highest BCUT2D eigenvalue weighted by molar-refractivity contribution is 6.46. The number of carbonyl (C=O) groups excluding carboxylic acids is 2. The van der Waals surface area contributed by atoms with Crippen molar-refractivity contribution in [2.24, 2.45) is 0 Å². The van der Waals surface area contributed by atoms with Gasteiger partial charge in [-0.05, 0) is 42.3 Å². The molecule has 0 radical (unpaired) electrons. The Morgan fingerprint density at radius 1 is 1.12 bits per heavy atom. The average molecular weight is 453 g/mol. The van der Waals surface area contributed by atoms with Crippen LogP contribution >= 0.6 is 0 Å². The minimum Gasteiger partial charge on any atom is -0.507 e. The molecule has 1 atom stereocenters. The van der Waals surface area contributed by atoms with E-state index in [-0.39, 0.29) is 17.9 Å². The summed E-state index contributed by atoms with van der Waals surface area (Å²) in [4.78, 5) is 27.4. The molecule has 0 saturated carbocycles. The van der Waals surface area contributed by atoms with Crippen LogP contribution in [0, 0.1) is 0 Å². The Labute approximate surface area is 192 Å². The molecule has 0 aromatic heterocycles. The summed E-state index contributed by atoms with van der Waals surface area (Å²) in [6, 6.07) is 11.3. The summed E-state index contributed by atoms with van der Waals surface area (Å²) in [5.74, 6) is -0.0414. The fraction of sp³-hybridized carbons (Fsp3) is 0.360. The quantitative estimate of drug-likeness (QED) is 0.274. The molecular weight excluding hydrogens is 426 g/mol. The number of carbonyl (C=O) groups is 2. The Bertz CT molecular complexity index is 1080. The second kappa shape index (κ2) is 9.95. The van der Waals surface area contributed by atoms with Crippen molar-refractivity contribution in [3.63, 3.8) is 0 Å². The van der Waals surface area contributed by atoms with E-state index in [0.717, 1.165) is 0 Å². The lowest BCUT2D eigenvalue weighted by Gasteiger charge is -2.25. The number of benzene rings is 2. The zero-order chi connectivity index (χ0) is 23.4. The molecule has 2 N–H and O–H groups in total. The number of Topliss-reactive ketones (excluding diaryl/α,β-unsaturated/α-hetero) is 1. The highest BCUT2D eigenvalue weighted by atomic mass is 16.6. The molecule has 4 rings (SSSR count). The molecule has 8 nitrogen and oxygen atoms in total. The van der Waals surface area contributed by atoms with E-state index in [1.54, 1.807) is 42.5 Å². The van der Waals surface area contributed by atoms with E-state index in [0.29, 0.717) is 67.6 Å². The first kappa shape index (κ1) is 22.7. The summed E-state index contributed by atoms with van der Waals surface area (Å²) in [7, 11) is 0. The molecule has 1 saturated heterocycles. The molecular formula is C25H27NO7. The number of hydrogen-bond acceptors (Lipinski definition) is 7. The number of aliphatic hydroxyl groups excluding tert-OH is 2. The van der Waals surface area contributed by atoms with E-state index >= 15 is 0 Å². The van der Waals surface area contributed by atoms with Crippen LogP contribution < -0.4 is 14.2 Å². The smallest absolute Gasteiger partial charge is 0.295 e. The van der Waals surface area contributed by atoms with Crippen LogP contribution in [0.3, 0.4) is 0 Å². The van der Waals surface area contributed by atoms with Crippen LogP contribution in [0.5, 0.6) is 17.2 Å². The first-order chi connectivity index (χ1) is 16.0. The van der Waals surface area contributed by atoms with Crippen LogP contribution in [0.15, 0.2) is 48.0 Å². The summed E-state index contributed by atoms with van der Waals surface area (Å²) in [6.45, 7) is 3.48. The van der Waals surface area contributed by atoms with Gasteiger partial charge < -0.3 is 29.3 Å². The molecule has 8 heteroatoms. The van der Waals surface area contributed by atoms with Crippen LogP contribution in [0.2, 0.25) is 0 Å². The third-order valence-corrected chi connectivity index (χ3v) is 5.57. The molecule has 1 fully saturated rings. The van der Waals surface area contributed by atoms with Gasteiger partial charge in [-0.15, -0.1) is 0 Å². The third-order valence-electron chi connectivity index (χ3n) is 5.57. The Kier molecular flexibility index (Phi) is 6.84. The van der Waals surface area contributed by atoms with Gasteiger partial charge in [-0.3, -0.25) is 9.59 Å². The van der Waals surface area contributed by atoms with Crippen LogP contribution in [0.1, 0.15) is 36.9 Å². The molecule has 2 aliphatic heterocycles. The van der Waals surface area contributed by atoms with E-state index in [1.165, 1.54) is 4.90 Å². The third kappa shape index (κ3) is 4.52. The maximum atomic E-state index is 13.0. The molecule has 2 aliphatic rings. The van der Waals surface area contributed by atoms with Gasteiger partial charge in [-0.2, -0.15) is 0 Å². The predicted octanol–water partition coefficient (Wildman–Crippen LogP) is 3.05. The molecule has 33 heavy (non-hydrogen) atoms. The van der Waals surface area contributed by atoms with Crippen molar-refractivity contribution >= 4 is 17.4 Å². The van der Waals surface area contributed by atoms with Crippen molar-refractivity contribution in [2.45, 2.75) is 25.8 Å². The number of fused-ring (bicyclic) bond motifs is 1. The zero-order valence-corrected chi connectivity index (χ0v) is 18.5. The van der Waals surface area contributed by atoms with E-state index in [4.69, 9.17) is 19.3 Å². The number of ketones is 1. The van der Waals surface area contributed by atoms with Crippen molar-refractivity contribution in [1.29, 1.82) is 0 Å². The second-order valence-electron chi connectivity index (χ2n) is 7.85. The van der Waals surface area contributed by atoms with E-state index in [2.05, 4.69) is 0 Å². The van der Waals surface area contributed by atoms with Gasteiger partial charge in [0.1, 0.15) is 24.7 Å². The summed E-state index contributed by atoms with van der Waals surface area (Å²) >= 11 is 0. The van der Waals surface area contributed by atoms with Gasteiger partial charge >= 0.3 is 0 Å². The molecule has 2 heterocycles. The Morgan fingerprint density at radius 2 is 1.91 bits per heavy atom. The average Bonchev–Trinajstić information content (AvgIpc) is 3.09. The highest BCUT2D eigenvalue weighted by Crippen LogP contribution is 2.41. The van der Waals surface area contributed by atoms with Crippen molar-refractivity contribution in [1.82, 2.24) is 4.90 Å². The van der Waals surface area contributed by atoms with Crippen molar-refractivity contribution in [3.05, 3.63) is 59.2 Å². The van der Waals surface area contributed by atoms with Crippen LogP contribution in [0.25, 0.3) is 5.76 Å². The minimum atomic E-state index is -0.750. The molecule has 0 aliphatic carbocycles. The first-order valence-corrected chi connectivity index (χ1v) is 11.1. The van der Waals surface area contributed by atoms with Gasteiger partial charge in [-0.25, -0.2) is 0 Å². The summed E-state index contributed by atoms with van der Waals surface area (Å²) in [6.07, 6.45) is 1.14. The Hall–Kier alpha value is -3.52. The Morgan fingerprint density at radius 3 is 2.67 bits per heavy atom. The number of nitrogens with zero attached hydrogens (tertiary/aromatic N) is 1. The van der Waals surface area contributed by atoms with E-state index in [1.807, 2.05) is 6.92 Å². The van der Waals surface area contributed by atoms with Gasteiger partial charge in [-0.1, -0.05) is 19.1 Å². The molecule has 1 unspecified atom stereocenters. The van der Waals surface area contributed by atoms with Crippen LogP contribution in [-0.4, -0.2) is 59.8 Å². The fourth-order valence-electron chi connectivity index (χ4n) is 4.07. The summed E-state index contributed by atoms with van der Waals surface area (Å²) < 4.78 is 16.8. The maximum absolute atomic E-state index is 13.0. The normalized spacial score (nSPS) is 19.1. The lowest BCUT2D eigenvalue weighted by molar-refractivity contribution is -0.139. The van der Waals surface area contributed by atoms with Gasteiger partial charge in [0.2, 0.25) is 0 Å². The van der Waals surface area contributed by atoms with E-state index in [9.17, 15) is 14.7 Å². The monoisotopic (exact) mass is 453 g/mol. The topological polar surface area (TPSA) is 106 Å². The number of rotatable bonds is 8. The number of amides is 1. The van der Waals surface area contributed by atoms with Gasteiger partial charge in [0.15, 0.2) is 11.5 Å². The van der Waals surface area contributed by atoms with Crippen molar-refractivity contribution < 1.29 is 34.0 Å². The lowest BCUT2D eigenvalue weighted by Crippen LogP contribution is -2.30. The minimum absolute atomic E-state index is 0.0197. The summed E-state index contributed by atoms with van der Waals surface area (Å²) in [5.41, 5.74) is 1.05. The maximum Gasteiger partial charge on any atom is 0.295 e. The number of likely N-dealkylation sites (tertiary alicyclic amines) is 1. The SMILES string of the molecule is CCCN1C(=O)C(=O)/C(=C(\O)c2ccc3c(c2)OCCO3)C1c1cccc(OCCCO)c1. The van der Waals surface area contributed by atoms with Crippen molar-refractivity contribution in [2.75, 3.05) is 33.0 Å². The molecule has 2 aromatic carbocycles. The second-order valence-corrected chi connectivity index (χ2v) is 7.85. The number of ether oxygens (including phenoxy) is 3. The zero-order valence-electron chi connectivity index (χ0n) is 18.5. The van der Waals surface area contributed by atoms with Crippen molar-refractivity contribution in [3.8, 4) is 17.2 Å². The lowest BCUT2D eigenvalue weighted by atomic mass is 9.95. The van der Waals surface area contributed by atoms with Gasteiger partial charge in [0, 0.05) is 25.1 Å². The first-order valence-electron chi connectivity index (χ1n) is 11.1. The van der Waals surface area contributed by atoms with E-state index < -0.39 is 17.7 Å². The molecule has 1 amide bonds. The highest BCUT2D eigenvalue weighted by Gasteiger charge is 2.45. The van der Waals surface area contributed by atoms with Crippen LogP contribution in [-0.2, 0) is 9.59 Å².